The van der Waals surface area contributed by atoms with Crippen LogP contribution >= 0.6 is 0 Å². The summed E-state index contributed by atoms with van der Waals surface area (Å²) in [5.74, 6) is 0. The zero-order chi connectivity index (χ0) is 11.0. The molecule has 0 saturated heterocycles. The van der Waals surface area contributed by atoms with Gasteiger partial charge in [-0.1, -0.05) is 30.2 Å². The number of para-hydroxylation sites is 1. The van der Waals surface area contributed by atoms with Crippen LogP contribution in [0.1, 0.15) is 37.7 Å². The minimum atomic E-state index is -0.495. The summed E-state index contributed by atoms with van der Waals surface area (Å²) >= 11 is 0. The number of anilines is 1. The minimum absolute atomic E-state index is 0.495. The first kappa shape index (κ1) is 9.91. The maximum atomic E-state index is 10.1. The quantitative estimate of drug-likeness (QED) is 0.696. The van der Waals surface area contributed by atoms with Crippen molar-refractivity contribution in [2.75, 3.05) is 5.32 Å². The fourth-order valence-corrected chi connectivity index (χ4v) is 2.84. The van der Waals surface area contributed by atoms with Gasteiger partial charge in [0.05, 0.1) is 0 Å². The maximum Gasteiger partial charge on any atom is 0.151 e. The lowest BCUT2D eigenvalue weighted by Gasteiger charge is -2.18. The summed E-state index contributed by atoms with van der Waals surface area (Å²) < 4.78 is 0. The third-order valence-electron chi connectivity index (χ3n) is 3.62. The van der Waals surface area contributed by atoms with Gasteiger partial charge in [-0.15, -0.1) is 0 Å². The van der Waals surface area contributed by atoms with Crippen LogP contribution in [0.5, 0.6) is 0 Å². The third-order valence-corrected chi connectivity index (χ3v) is 3.62. The van der Waals surface area contributed by atoms with Crippen molar-refractivity contribution in [2.45, 2.75) is 38.3 Å². The molecule has 1 aliphatic carbocycles. The molecule has 0 radical (unpaired) electrons. The molecule has 16 heavy (non-hydrogen) atoms. The Bertz CT molecular complexity index is 428. The lowest BCUT2D eigenvalue weighted by molar-refractivity contribution is 0.264. The second-order valence-electron chi connectivity index (χ2n) is 4.67. The van der Waals surface area contributed by atoms with Gasteiger partial charge in [-0.3, -0.25) is 0 Å². The molecule has 0 amide bonds. The highest BCUT2D eigenvalue weighted by molar-refractivity contribution is 5.87. The molecule has 1 heterocycles. The summed E-state index contributed by atoms with van der Waals surface area (Å²) in [5.41, 5.74) is 4.88. The molecule has 1 saturated carbocycles. The van der Waals surface area contributed by atoms with Crippen LogP contribution in [-0.4, -0.2) is 11.3 Å². The summed E-state index contributed by atoms with van der Waals surface area (Å²) in [4.78, 5) is 0. The lowest BCUT2D eigenvalue weighted by atomic mass is 9.88. The summed E-state index contributed by atoms with van der Waals surface area (Å²) in [6.07, 6.45) is 5.69. The Kier molecular flexibility index (Phi) is 2.44. The molecule has 2 aliphatic rings. The molecule has 1 atom stereocenters. The third kappa shape index (κ3) is 1.54. The lowest BCUT2D eigenvalue weighted by Crippen LogP contribution is -2.15. The highest BCUT2D eigenvalue weighted by Gasteiger charge is 2.27. The Morgan fingerprint density at radius 2 is 1.81 bits per heavy atom. The smallest absolute Gasteiger partial charge is 0.151 e. The van der Waals surface area contributed by atoms with E-state index in [4.69, 9.17) is 0 Å². The van der Waals surface area contributed by atoms with Gasteiger partial charge in [0.1, 0.15) is 0 Å². The van der Waals surface area contributed by atoms with Gasteiger partial charge in [0.2, 0.25) is 0 Å². The summed E-state index contributed by atoms with van der Waals surface area (Å²) in [6, 6.07) is 8.19. The van der Waals surface area contributed by atoms with Crippen LogP contribution in [0.4, 0.5) is 5.69 Å². The molecule has 0 aromatic heterocycles. The molecule has 2 nitrogen and oxygen atoms in total. The number of fused-ring (bicyclic) bond motifs is 1. The second-order valence-corrected chi connectivity index (χ2v) is 4.67. The fraction of sp³-hybridized carbons (Fsp3) is 0.429. The SMILES string of the molecule is OC1Nc2ccccc2C1=C1CCCCC1. The number of hydrogen-bond donors (Lipinski definition) is 2. The molecule has 1 aromatic carbocycles. The monoisotopic (exact) mass is 215 g/mol. The molecule has 84 valence electrons. The van der Waals surface area contributed by atoms with E-state index >= 15 is 0 Å². The first-order valence-electron chi connectivity index (χ1n) is 6.12. The number of allylic oxidation sites excluding steroid dienone is 1. The normalized spacial score (nSPS) is 24.2. The van der Waals surface area contributed by atoms with Crippen molar-refractivity contribution in [2.24, 2.45) is 0 Å². The van der Waals surface area contributed by atoms with Gasteiger partial charge in [-0.25, -0.2) is 0 Å². The van der Waals surface area contributed by atoms with E-state index in [1.165, 1.54) is 30.4 Å². The fourth-order valence-electron chi connectivity index (χ4n) is 2.84. The molecule has 0 bridgehead atoms. The van der Waals surface area contributed by atoms with Crippen LogP contribution < -0.4 is 5.32 Å². The van der Waals surface area contributed by atoms with Crippen LogP contribution in [0, 0.1) is 0 Å². The highest BCUT2D eigenvalue weighted by atomic mass is 16.3. The molecule has 1 unspecified atom stereocenters. The van der Waals surface area contributed by atoms with Crippen molar-refractivity contribution in [1.29, 1.82) is 0 Å². The summed E-state index contributed by atoms with van der Waals surface area (Å²) in [7, 11) is 0. The molecule has 0 spiro atoms. The predicted molar refractivity (Wildman–Crippen MR) is 66.1 cm³/mol. The van der Waals surface area contributed by atoms with Crippen molar-refractivity contribution < 1.29 is 5.11 Å². The average molecular weight is 215 g/mol. The number of aliphatic hydroxyl groups excluding tert-OH is 1. The molecular formula is C14H17NO. The maximum absolute atomic E-state index is 10.1. The van der Waals surface area contributed by atoms with E-state index in [2.05, 4.69) is 11.4 Å². The topological polar surface area (TPSA) is 32.3 Å². The van der Waals surface area contributed by atoms with Crippen LogP contribution in [0.3, 0.4) is 0 Å². The minimum Gasteiger partial charge on any atom is -0.369 e. The standard InChI is InChI=1S/C14H17NO/c16-14-13(10-6-2-1-3-7-10)11-8-4-5-9-12(11)15-14/h4-5,8-9,14-16H,1-3,6-7H2. The van der Waals surface area contributed by atoms with E-state index in [0.717, 1.165) is 24.1 Å². The Morgan fingerprint density at radius 3 is 2.62 bits per heavy atom. The molecule has 2 N–H and O–H groups in total. The van der Waals surface area contributed by atoms with E-state index in [1.807, 2.05) is 18.2 Å². The van der Waals surface area contributed by atoms with Crippen molar-refractivity contribution >= 4 is 11.3 Å². The molecule has 1 aromatic rings. The van der Waals surface area contributed by atoms with E-state index in [-0.39, 0.29) is 0 Å². The zero-order valence-electron chi connectivity index (χ0n) is 9.37. The number of hydrogen-bond acceptors (Lipinski definition) is 2. The van der Waals surface area contributed by atoms with Crippen molar-refractivity contribution in [3.05, 3.63) is 35.4 Å². The molecule has 2 heteroatoms. The predicted octanol–water partition coefficient (Wildman–Crippen LogP) is 3.15. The van der Waals surface area contributed by atoms with Gasteiger partial charge < -0.3 is 10.4 Å². The second kappa shape index (κ2) is 3.95. The van der Waals surface area contributed by atoms with Gasteiger partial charge >= 0.3 is 0 Å². The number of aliphatic hydroxyl groups is 1. The molecular weight excluding hydrogens is 198 g/mol. The number of nitrogens with one attached hydrogen (secondary N) is 1. The van der Waals surface area contributed by atoms with Crippen molar-refractivity contribution in [3.63, 3.8) is 0 Å². The van der Waals surface area contributed by atoms with Crippen LogP contribution in [0.15, 0.2) is 29.8 Å². The van der Waals surface area contributed by atoms with Crippen LogP contribution in [0.25, 0.3) is 5.57 Å². The molecule has 1 aliphatic heterocycles. The number of rotatable bonds is 0. The van der Waals surface area contributed by atoms with Gasteiger partial charge in [-0.05, 0) is 31.7 Å². The van der Waals surface area contributed by atoms with Crippen LogP contribution in [0.2, 0.25) is 0 Å². The number of benzene rings is 1. The Balaban J connectivity index is 2.07. The van der Waals surface area contributed by atoms with Gasteiger partial charge in [0, 0.05) is 16.8 Å². The zero-order valence-corrected chi connectivity index (χ0v) is 9.37. The van der Waals surface area contributed by atoms with Gasteiger partial charge in [0.25, 0.3) is 0 Å². The summed E-state index contributed by atoms with van der Waals surface area (Å²) in [5, 5.41) is 13.2. The first-order valence-corrected chi connectivity index (χ1v) is 6.12. The Hall–Kier alpha value is -1.28. The molecule has 1 fully saturated rings. The Labute approximate surface area is 96.0 Å². The summed E-state index contributed by atoms with van der Waals surface area (Å²) in [6.45, 7) is 0. The molecule has 3 rings (SSSR count). The van der Waals surface area contributed by atoms with E-state index in [9.17, 15) is 5.11 Å². The van der Waals surface area contributed by atoms with E-state index in [0.29, 0.717) is 0 Å². The largest absolute Gasteiger partial charge is 0.369 e. The first-order chi connectivity index (χ1) is 7.86. The highest BCUT2D eigenvalue weighted by Crippen LogP contribution is 2.40. The van der Waals surface area contributed by atoms with E-state index in [1.54, 1.807) is 0 Å². The van der Waals surface area contributed by atoms with Crippen molar-refractivity contribution in [1.82, 2.24) is 0 Å². The average Bonchev–Trinajstić information content (AvgIpc) is 2.66. The van der Waals surface area contributed by atoms with Gasteiger partial charge in [0.15, 0.2) is 6.23 Å². The van der Waals surface area contributed by atoms with E-state index < -0.39 is 6.23 Å². The van der Waals surface area contributed by atoms with Crippen LogP contribution in [-0.2, 0) is 0 Å². The van der Waals surface area contributed by atoms with Crippen molar-refractivity contribution in [3.8, 4) is 0 Å². The Morgan fingerprint density at radius 1 is 1.06 bits per heavy atom. The van der Waals surface area contributed by atoms with Gasteiger partial charge in [-0.2, -0.15) is 0 Å².